The van der Waals surface area contributed by atoms with Crippen LogP contribution < -0.4 is 9.47 Å². The molecule has 23 heavy (non-hydrogen) atoms. The van der Waals surface area contributed by atoms with Gasteiger partial charge in [-0.05, 0) is 43.0 Å². The summed E-state index contributed by atoms with van der Waals surface area (Å²) in [5.74, 6) is 2.58. The highest BCUT2D eigenvalue weighted by Crippen LogP contribution is 2.29. The second-order valence-electron chi connectivity index (χ2n) is 5.81. The van der Waals surface area contributed by atoms with Crippen molar-refractivity contribution in [1.29, 1.82) is 0 Å². The maximum Gasteiger partial charge on any atom is 0.269 e. The summed E-state index contributed by atoms with van der Waals surface area (Å²) in [7, 11) is 0. The first-order valence-electron chi connectivity index (χ1n) is 7.61. The van der Waals surface area contributed by atoms with Gasteiger partial charge in [0.05, 0.1) is 11.5 Å². The minimum atomic E-state index is -0.417. The number of aryl methyl sites for hydroxylation is 1. The van der Waals surface area contributed by atoms with Gasteiger partial charge in [-0.1, -0.05) is 19.9 Å². The molecule has 0 saturated carbocycles. The third kappa shape index (κ3) is 4.98. The van der Waals surface area contributed by atoms with Gasteiger partial charge >= 0.3 is 0 Å². The second kappa shape index (κ2) is 7.63. The van der Waals surface area contributed by atoms with Crippen LogP contribution in [0.2, 0.25) is 0 Å². The Bertz CT molecular complexity index is 682. The third-order valence-electron chi connectivity index (χ3n) is 3.37. The summed E-state index contributed by atoms with van der Waals surface area (Å²) in [6.45, 7) is 6.75. The van der Waals surface area contributed by atoms with E-state index in [0.717, 1.165) is 12.2 Å². The standard InChI is InChI=1S/C18H21NO4/c1-13(2)9-10-22-16-5-4-6-17(12-16)23-18-8-7-15(19(20)21)11-14(18)3/h4-8,11-13H,9-10H2,1-3H3. The van der Waals surface area contributed by atoms with Crippen LogP contribution in [0, 0.1) is 23.0 Å². The summed E-state index contributed by atoms with van der Waals surface area (Å²) in [5.41, 5.74) is 0.769. The average Bonchev–Trinajstić information content (AvgIpc) is 2.49. The van der Waals surface area contributed by atoms with E-state index in [4.69, 9.17) is 9.47 Å². The number of hydrogen-bond acceptors (Lipinski definition) is 4. The van der Waals surface area contributed by atoms with Crippen molar-refractivity contribution in [1.82, 2.24) is 0 Å². The molecule has 0 spiro atoms. The topological polar surface area (TPSA) is 61.6 Å². The van der Waals surface area contributed by atoms with Crippen LogP contribution in [-0.4, -0.2) is 11.5 Å². The van der Waals surface area contributed by atoms with E-state index in [-0.39, 0.29) is 5.69 Å². The van der Waals surface area contributed by atoms with Crippen LogP contribution in [0.1, 0.15) is 25.8 Å². The Hall–Kier alpha value is -2.56. The summed E-state index contributed by atoms with van der Waals surface area (Å²) in [5, 5.41) is 10.8. The highest BCUT2D eigenvalue weighted by Gasteiger charge is 2.10. The van der Waals surface area contributed by atoms with Gasteiger partial charge in [0.15, 0.2) is 0 Å². The Kier molecular flexibility index (Phi) is 5.57. The molecule has 5 heteroatoms. The number of hydrogen-bond donors (Lipinski definition) is 0. The number of rotatable bonds is 7. The van der Waals surface area contributed by atoms with Crippen LogP contribution in [0.15, 0.2) is 42.5 Å². The van der Waals surface area contributed by atoms with Crippen molar-refractivity contribution < 1.29 is 14.4 Å². The van der Waals surface area contributed by atoms with Gasteiger partial charge < -0.3 is 9.47 Å². The lowest BCUT2D eigenvalue weighted by atomic mass is 10.1. The van der Waals surface area contributed by atoms with Crippen molar-refractivity contribution in [3.05, 3.63) is 58.1 Å². The molecule has 0 amide bonds. The molecule has 122 valence electrons. The molecule has 2 aromatic rings. The molecule has 0 aliphatic heterocycles. The molecular weight excluding hydrogens is 294 g/mol. The average molecular weight is 315 g/mol. The molecule has 0 unspecified atom stereocenters. The van der Waals surface area contributed by atoms with Gasteiger partial charge in [0.2, 0.25) is 0 Å². The Morgan fingerprint density at radius 3 is 2.52 bits per heavy atom. The molecule has 0 N–H and O–H groups in total. The third-order valence-corrected chi connectivity index (χ3v) is 3.37. The van der Waals surface area contributed by atoms with E-state index in [2.05, 4.69) is 13.8 Å². The Morgan fingerprint density at radius 2 is 1.87 bits per heavy atom. The maximum absolute atomic E-state index is 10.8. The highest BCUT2D eigenvalue weighted by molar-refractivity contribution is 5.45. The molecule has 0 bridgehead atoms. The molecule has 2 aromatic carbocycles. The number of ether oxygens (including phenoxy) is 2. The number of benzene rings is 2. The van der Waals surface area contributed by atoms with E-state index in [1.807, 2.05) is 24.3 Å². The van der Waals surface area contributed by atoms with Crippen molar-refractivity contribution in [3.63, 3.8) is 0 Å². The smallest absolute Gasteiger partial charge is 0.269 e. The summed E-state index contributed by atoms with van der Waals surface area (Å²) in [6, 6.07) is 11.9. The fourth-order valence-corrected chi connectivity index (χ4v) is 2.03. The van der Waals surface area contributed by atoms with Crippen LogP contribution in [0.3, 0.4) is 0 Å². The number of non-ortho nitro benzene ring substituents is 1. The maximum atomic E-state index is 10.8. The van der Waals surface area contributed by atoms with Gasteiger partial charge in [0.25, 0.3) is 5.69 Å². The number of nitro benzene ring substituents is 1. The van der Waals surface area contributed by atoms with Crippen LogP contribution >= 0.6 is 0 Å². The van der Waals surface area contributed by atoms with Crippen LogP contribution in [-0.2, 0) is 0 Å². The molecule has 0 saturated heterocycles. The summed E-state index contributed by atoms with van der Waals surface area (Å²) in [4.78, 5) is 10.3. The molecule has 0 atom stereocenters. The van der Waals surface area contributed by atoms with Gasteiger partial charge in [0.1, 0.15) is 17.2 Å². The minimum absolute atomic E-state index is 0.0561. The van der Waals surface area contributed by atoms with E-state index >= 15 is 0 Å². The lowest BCUT2D eigenvalue weighted by molar-refractivity contribution is -0.384. The van der Waals surface area contributed by atoms with Crippen LogP contribution in [0.25, 0.3) is 0 Å². The first-order valence-corrected chi connectivity index (χ1v) is 7.61. The predicted molar refractivity (Wildman–Crippen MR) is 89.3 cm³/mol. The summed E-state index contributed by atoms with van der Waals surface area (Å²) < 4.78 is 11.5. The van der Waals surface area contributed by atoms with E-state index in [0.29, 0.717) is 29.6 Å². The molecule has 0 aliphatic rings. The summed E-state index contributed by atoms with van der Waals surface area (Å²) >= 11 is 0. The minimum Gasteiger partial charge on any atom is -0.493 e. The molecule has 0 fully saturated rings. The van der Waals surface area contributed by atoms with Crippen molar-refractivity contribution in [3.8, 4) is 17.2 Å². The van der Waals surface area contributed by atoms with E-state index < -0.39 is 4.92 Å². The quantitative estimate of drug-likeness (QED) is 0.525. The number of nitro groups is 1. The summed E-state index contributed by atoms with van der Waals surface area (Å²) in [6.07, 6.45) is 0.993. The Morgan fingerprint density at radius 1 is 1.13 bits per heavy atom. The van der Waals surface area contributed by atoms with Gasteiger partial charge in [-0.15, -0.1) is 0 Å². The molecule has 0 aromatic heterocycles. The van der Waals surface area contributed by atoms with E-state index in [1.54, 1.807) is 13.0 Å². The van der Waals surface area contributed by atoms with Gasteiger partial charge in [-0.25, -0.2) is 0 Å². The van der Waals surface area contributed by atoms with Crippen molar-refractivity contribution in [2.75, 3.05) is 6.61 Å². The predicted octanol–water partition coefficient (Wildman–Crippen LogP) is 5.12. The van der Waals surface area contributed by atoms with Gasteiger partial charge in [-0.3, -0.25) is 10.1 Å². The second-order valence-corrected chi connectivity index (χ2v) is 5.81. The number of nitrogens with zero attached hydrogens (tertiary/aromatic N) is 1. The van der Waals surface area contributed by atoms with Crippen molar-refractivity contribution >= 4 is 5.69 Å². The monoisotopic (exact) mass is 315 g/mol. The first-order chi connectivity index (χ1) is 11.0. The van der Waals surface area contributed by atoms with Crippen molar-refractivity contribution in [2.45, 2.75) is 27.2 Å². The van der Waals surface area contributed by atoms with Crippen LogP contribution in [0.5, 0.6) is 17.2 Å². The Labute approximate surface area is 136 Å². The van der Waals surface area contributed by atoms with Crippen molar-refractivity contribution in [2.24, 2.45) is 5.92 Å². The zero-order chi connectivity index (χ0) is 16.8. The lowest BCUT2D eigenvalue weighted by Gasteiger charge is -2.11. The first kappa shape index (κ1) is 16.8. The van der Waals surface area contributed by atoms with Crippen LogP contribution in [0.4, 0.5) is 5.69 Å². The molecule has 2 rings (SSSR count). The highest BCUT2D eigenvalue weighted by atomic mass is 16.6. The SMILES string of the molecule is Cc1cc([N+](=O)[O-])ccc1Oc1cccc(OCCC(C)C)c1. The molecule has 5 nitrogen and oxygen atoms in total. The molecule has 0 heterocycles. The normalized spacial score (nSPS) is 10.6. The van der Waals surface area contributed by atoms with Gasteiger partial charge in [0, 0.05) is 18.2 Å². The molecular formula is C18H21NO4. The zero-order valence-corrected chi connectivity index (χ0v) is 13.6. The van der Waals surface area contributed by atoms with Gasteiger partial charge in [-0.2, -0.15) is 0 Å². The van der Waals surface area contributed by atoms with E-state index in [9.17, 15) is 10.1 Å². The lowest BCUT2D eigenvalue weighted by Crippen LogP contribution is -2.01. The fourth-order valence-electron chi connectivity index (χ4n) is 2.03. The Balaban J connectivity index is 2.07. The zero-order valence-electron chi connectivity index (χ0n) is 13.6. The molecule has 0 radical (unpaired) electrons. The molecule has 0 aliphatic carbocycles. The van der Waals surface area contributed by atoms with E-state index in [1.165, 1.54) is 12.1 Å². The largest absolute Gasteiger partial charge is 0.493 e. The fraction of sp³-hybridized carbons (Fsp3) is 0.333.